The zero-order valence-electron chi connectivity index (χ0n) is 12.1. The molecular weight excluding hydrogens is 254 g/mol. The second-order valence-electron chi connectivity index (χ2n) is 6.91. The Balaban J connectivity index is 1.37. The summed E-state index contributed by atoms with van der Waals surface area (Å²) in [6, 6.07) is 0.602. The molecule has 1 spiro atoms. The highest BCUT2D eigenvalue weighted by molar-refractivity contribution is 5.77. The van der Waals surface area contributed by atoms with Gasteiger partial charge < -0.3 is 19.9 Å². The molecule has 3 heterocycles. The Morgan fingerprint density at radius 3 is 2.95 bits per heavy atom. The molecule has 4 aliphatic rings. The topological polar surface area (TPSA) is 44.8 Å². The lowest BCUT2D eigenvalue weighted by molar-refractivity contribution is -0.0426. The minimum Gasteiger partial charge on any atom is -0.370 e. The third-order valence-corrected chi connectivity index (χ3v) is 5.57. The summed E-state index contributed by atoms with van der Waals surface area (Å²) >= 11 is 0. The van der Waals surface area contributed by atoms with Crippen molar-refractivity contribution in [2.45, 2.75) is 56.3 Å². The molecule has 112 valence electrons. The van der Waals surface area contributed by atoms with Crippen LogP contribution in [0, 0.1) is 0 Å². The number of hydrogen-bond acceptors (Lipinski definition) is 3. The van der Waals surface area contributed by atoms with Crippen molar-refractivity contribution < 1.29 is 9.53 Å². The van der Waals surface area contributed by atoms with Crippen molar-refractivity contribution in [1.29, 1.82) is 0 Å². The molecule has 20 heavy (non-hydrogen) atoms. The third kappa shape index (κ3) is 2.11. The van der Waals surface area contributed by atoms with Crippen molar-refractivity contribution in [3.63, 3.8) is 0 Å². The van der Waals surface area contributed by atoms with Gasteiger partial charge in [-0.3, -0.25) is 0 Å². The molecule has 0 aromatic rings. The molecule has 1 aliphatic carbocycles. The lowest BCUT2D eigenvalue weighted by atomic mass is 9.98. The van der Waals surface area contributed by atoms with Crippen LogP contribution in [0.15, 0.2) is 0 Å². The largest absolute Gasteiger partial charge is 0.370 e. The summed E-state index contributed by atoms with van der Waals surface area (Å²) in [4.78, 5) is 16.5. The first-order chi connectivity index (χ1) is 9.76. The van der Waals surface area contributed by atoms with Crippen molar-refractivity contribution in [3.8, 4) is 0 Å². The SMILES string of the molecule is O=C1N(CC2CCC3(CCCC3)O2)CC2CNCCN12. The molecule has 1 N–H and O–H groups in total. The van der Waals surface area contributed by atoms with Gasteiger partial charge in [0, 0.05) is 32.7 Å². The average molecular weight is 279 g/mol. The van der Waals surface area contributed by atoms with Crippen molar-refractivity contribution in [2.75, 3.05) is 32.7 Å². The molecule has 0 bridgehead atoms. The quantitative estimate of drug-likeness (QED) is 0.826. The summed E-state index contributed by atoms with van der Waals surface area (Å²) in [6.45, 7) is 4.40. The molecule has 3 saturated heterocycles. The summed E-state index contributed by atoms with van der Waals surface area (Å²) in [5, 5.41) is 3.38. The first kappa shape index (κ1) is 12.9. The summed E-state index contributed by atoms with van der Waals surface area (Å²) < 4.78 is 6.35. The first-order valence-corrected chi connectivity index (χ1v) is 8.20. The first-order valence-electron chi connectivity index (χ1n) is 8.20. The smallest absolute Gasteiger partial charge is 0.320 e. The van der Waals surface area contributed by atoms with E-state index in [1.807, 2.05) is 9.80 Å². The van der Waals surface area contributed by atoms with E-state index in [0.29, 0.717) is 6.04 Å². The van der Waals surface area contributed by atoms with E-state index >= 15 is 0 Å². The van der Waals surface area contributed by atoms with Crippen molar-refractivity contribution >= 4 is 6.03 Å². The van der Waals surface area contributed by atoms with E-state index in [4.69, 9.17) is 4.74 Å². The van der Waals surface area contributed by atoms with Gasteiger partial charge >= 0.3 is 6.03 Å². The maximum atomic E-state index is 12.4. The van der Waals surface area contributed by atoms with E-state index < -0.39 is 0 Å². The van der Waals surface area contributed by atoms with Crippen molar-refractivity contribution in [2.24, 2.45) is 0 Å². The van der Waals surface area contributed by atoms with Crippen molar-refractivity contribution in [1.82, 2.24) is 15.1 Å². The van der Waals surface area contributed by atoms with Gasteiger partial charge in [-0.05, 0) is 25.7 Å². The number of amides is 2. The monoisotopic (exact) mass is 279 g/mol. The Labute approximate surface area is 120 Å². The highest BCUT2D eigenvalue weighted by Crippen LogP contribution is 2.43. The van der Waals surface area contributed by atoms with Crippen LogP contribution in [-0.4, -0.2) is 66.3 Å². The van der Waals surface area contributed by atoms with Gasteiger partial charge in [0.25, 0.3) is 0 Å². The van der Waals surface area contributed by atoms with E-state index in [0.717, 1.165) is 39.1 Å². The molecular formula is C15H25N3O2. The van der Waals surface area contributed by atoms with Gasteiger partial charge in [-0.15, -0.1) is 0 Å². The van der Waals surface area contributed by atoms with Gasteiger partial charge in [0.05, 0.1) is 17.7 Å². The molecule has 2 unspecified atom stereocenters. The number of carbonyl (C=O) groups is 1. The molecule has 1 saturated carbocycles. The van der Waals surface area contributed by atoms with E-state index in [9.17, 15) is 4.79 Å². The number of fused-ring (bicyclic) bond motifs is 1. The van der Waals surface area contributed by atoms with Crippen LogP contribution < -0.4 is 5.32 Å². The Morgan fingerprint density at radius 1 is 1.30 bits per heavy atom. The highest BCUT2D eigenvalue weighted by atomic mass is 16.5. The van der Waals surface area contributed by atoms with Gasteiger partial charge in [0.1, 0.15) is 0 Å². The van der Waals surface area contributed by atoms with Gasteiger partial charge in [-0.1, -0.05) is 12.8 Å². The number of nitrogens with zero attached hydrogens (tertiary/aromatic N) is 2. The second kappa shape index (κ2) is 4.88. The predicted molar refractivity (Wildman–Crippen MR) is 75.6 cm³/mol. The molecule has 0 aromatic carbocycles. The van der Waals surface area contributed by atoms with E-state index in [1.54, 1.807) is 0 Å². The second-order valence-corrected chi connectivity index (χ2v) is 6.91. The summed E-state index contributed by atoms with van der Waals surface area (Å²) in [7, 11) is 0. The van der Waals surface area contributed by atoms with Crippen molar-refractivity contribution in [3.05, 3.63) is 0 Å². The van der Waals surface area contributed by atoms with Crippen LogP contribution in [0.4, 0.5) is 4.79 Å². The normalized spacial score (nSPS) is 36.1. The standard InChI is InChI=1S/C15H25N3O2/c19-14-17(10-12-9-16-7-8-18(12)14)11-13-3-6-15(20-13)4-1-2-5-15/h12-13,16H,1-11H2. The van der Waals surface area contributed by atoms with E-state index in [1.165, 1.54) is 32.1 Å². The number of rotatable bonds is 2. The number of piperazine rings is 1. The summed E-state index contributed by atoms with van der Waals surface area (Å²) in [5.74, 6) is 0. The van der Waals surface area contributed by atoms with Gasteiger partial charge in [-0.2, -0.15) is 0 Å². The Hall–Kier alpha value is -0.810. The van der Waals surface area contributed by atoms with Gasteiger partial charge in [-0.25, -0.2) is 4.79 Å². The van der Waals surface area contributed by atoms with Crippen LogP contribution in [0.2, 0.25) is 0 Å². The molecule has 3 aliphatic heterocycles. The number of carbonyl (C=O) groups excluding carboxylic acids is 1. The van der Waals surface area contributed by atoms with Crippen LogP contribution >= 0.6 is 0 Å². The average Bonchev–Trinajstić information content (AvgIpc) is 3.15. The zero-order chi connectivity index (χ0) is 13.6. The van der Waals surface area contributed by atoms with Crippen LogP contribution in [0.1, 0.15) is 38.5 Å². The molecule has 2 atom stereocenters. The maximum Gasteiger partial charge on any atom is 0.320 e. The number of ether oxygens (including phenoxy) is 1. The summed E-state index contributed by atoms with van der Waals surface area (Å²) in [6.07, 6.45) is 7.70. The number of urea groups is 1. The molecule has 0 aromatic heterocycles. The highest BCUT2D eigenvalue weighted by Gasteiger charge is 2.45. The molecule has 0 radical (unpaired) electrons. The molecule has 4 fully saturated rings. The van der Waals surface area contributed by atoms with Gasteiger partial charge in [0.15, 0.2) is 0 Å². The number of nitrogens with one attached hydrogen (secondary N) is 1. The van der Waals surface area contributed by atoms with Crippen LogP contribution in [-0.2, 0) is 4.74 Å². The minimum absolute atomic E-state index is 0.183. The van der Waals surface area contributed by atoms with Gasteiger partial charge in [0.2, 0.25) is 0 Å². The lowest BCUT2D eigenvalue weighted by Gasteiger charge is -2.28. The van der Waals surface area contributed by atoms with E-state index in [-0.39, 0.29) is 17.7 Å². The Bertz CT molecular complexity index is 395. The Kier molecular flexibility index (Phi) is 3.15. The van der Waals surface area contributed by atoms with Crippen LogP contribution in [0.5, 0.6) is 0 Å². The third-order valence-electron chi connectivity index (χ3n) is 5.57. The Morgan fingerprint density at radius 2 is 2.15 bits per heavy atom. The summed E-state index contributed by atoms with van der Waals surface area (Å²) in [5.41, 5.74) is 0.183. The predicted octanol–water partition coefficient (Wildman–Crippen LogP) is 1.19. The minimum atomic E-state index is 0.183. The maximum absolute atomic E-state index is 12.4. The van der Waals surface area contributed by atoms with E-state index in [2.05, 4.69) is 5.32 Å². The molecule has 4 rings (SSSR count). The molecule has 5 heteroatoms. The zero-order valence-corrected chi connectivity index (χ0v) is 12.1. The fourth-order valence-electron chi connectivity index (χ4n) is 4.50. The fourth-order valence-corrected chi connectivity index (χ4v) is 4.50. The molecule has 5 nitrogen and oxygen atoms in total. The number of hydrogen-bond donors (Lipinski definition) is 1. The van der Waals surface area contributed by atoms with Crippen LogP contribution in [0.25, 0.3) is 0 Å². The van der Waals surface area contributed by atoms with Crippen LogP contribution in [0.3, 0.4) is 0 Å². The lowest BCUT2D eigenvalue weighted by Crippen LogP contribution is -2.49. The molecule has 2 amide bonds. The fraction of sp³-hybridized carbons (Fsp3) is 0.933.